The van der Waals surface area contributed by atoms with Gasteiger partial charge in [-0.3, -0.25) is 14.6 Å². The summed E-state index contributed by atoms with van der Waals surface area (Å²) >= 11 is 0. The molecule has 4 heterocycles. The van der Waals surface area contributed by atoms with Crippen LogP contribution in [-0.2, 0) is 0 Å². The number of nitrogens with zero attached hydrogens (tertiary/aromatic N) is 4. The predicted octanol–water partition coefficient (Wildman–Crippen LogP) is 4.46. The molecule has 0 unspecified atom stereocenters. The molecule has 162 valence electrons. The molecular formula is C26H21N5O2. The molecule has 0 aliphatic rings. The van der Waals surface area contributed by atoms with Gasteiger partial charge in [0, 0.05) is 53.5 Å². The van der Waals surface area contributed by atoms with E-state index in [1.165, 1.54) is 12.1 Å². The van der Waals surface area contributed by atoms with Gasteiger partial charge in [0.25, 0.3) is 5.56 Å². The van der Waals surface area contributed by atoms with Crippen molar-refractivity contribution in [1.82, 2.24) is 24.5 Å². The summed E-state index contributed by atoms with van der Waals surface area (Å²) in [4.78, 5) is 42.2. The maximum Gasteiger partial charge on any atom is 0.250 e. The van der Waals surface area contributed by atoms with Gasteiger partial charge in [0.2, 0.25) is 5.43 Å². The first kappa shape index (κ1) is 20.5. The van der Waals surface area contributed by atoms with Crippen LogP contribution in [0.4, 0.5) is 0 Å². The largest absolute Gasteiger partial charge is 0.338 e. The third kappa shape index (κ3) is 3.85. The number of aromatic nitrogens is 5. The van der Waals surface area contributed by atoms with E-state index in [0.717, 1.165) is 11.1 Å². The van der Waals surface area contributed by atoms with Crippen molar-refractivity contribution in [3.05, 3.63) is 99.8 Å². The van der Waals surface area contributed by atoms with Crippen molar-refractivity contribution in [2.24, 2.45) is 0 Å². The van der Waals surface area contributed by atoms with Crippen LogP contribution in [0.15, 0.2) is 88.8 Å². The molecule has 1 aromatic carbocycles. The van der Waals surface area contributed by atoms with Gasteiger partial charge in [-0.25, -0.2) is 9.97 Å². The fourth-order valence-electron chi connectivity index (χ4n) is 3.79. The third-order valence-corrected chi connectivity index (χ3v) is 5.46. The number of H-pyrrole nitrogens is 1. The summed E-state index contributed by atoms with van der Waals surface area (Å²) in [6, 6.07) is 18.1. The molecule has 0 spiro atoms. The summed E-state index contributed by atoms with van der Waals surface area (Å²) in [7, 11) is 0. The Labute approximate surface area is 189 Å². The standard InChI is InChI=1S/C26H21N5O2/c1-16(2)31-15-19(8-9-22(31)33)24-23(18-6-4-3-5-7-18)30-26-25(29-24)21(32)14-20(28-26)17-10-12-27-13-11-17/h3-16H,1-2H3,(H,28,30,32). The van der Waals surface area contributed by atoms with E-state index in [1.54, 1.807) is 29.2 Å². The lowest BCUT2D eigenvalue weighted by atomic mass is 10.0. The lowest BCUT2D eigenvalue weighted by molar-refractivity contribution is 0.579. The smallest absolute Gasteiger partial charge is 0.250 e. The molecule has 0 saturated heterocycles. The van der Waals surface area contributed by atoms with Crippen molar-refractivity contribution in [2.45, 2.75) is 19.9 Å². The monoisotopic (exact) mass is 435 g/mol. The average molecular weight is 435 g/mol. The van der Waals surface area contributed by atoms with Crippen molar-refractivity contribution in [3.8, 4) is 33.8 Å². The minimum Gasteiger partial charge on any atom is -0.338 e. The van der Waals surface area contributed by atoms with Crippen LogP contribution in [0, 0.1) is 0 Å². The zero-order chi connectivity index (χ0) is 22.9. The zero-order valence-electron chi connectivity index (χ0n) is 18.2. The summed E-state index contributed by atoms with van der Waals surface area (Å²) in [5.74, 6) is 0. The molecular weight excluding hydrogens is 414 g/mol. The van der Waals surface area contributed by atoms with E-state index in [4.69, 9.17) is 9.97 Å². The van der Waals surface area contributed by atoms with Gasteiger partial charge in [-0.1, -0.05) is 30.3 Å². The number of fused-ring (bicyclic) bond motifs is 1. The normalized spacial score (nSPS) is 11.2. The minimum absolute atomic E-state index is 0.0163. The van der Waals surface area contributed by atoms with Crippen LogP contribution in [0.2, 0.25) is 0 Å². The molecule has 5 rings (SSSR count). The second kappa shape index (κ2) is 8.27. The molecule has 0 aliphatic heterocycles. The van der Waals surface area contributed by atoms with Gasteiger partial charge in [-0.15, -0.1) is 0 Å². The van der Waals surface area contributed by atoms with E-state index in [-0.39, 0.29) is 22.5 Å². The molecule has 0 radical (unpaired) electrons. The molecule has 0 bridgehead atoms. The number of hydrogen-bond donors (Lipinski definition) is 1. The van der Waals surface area contributed by atoms with Crippen molar-refractivity contribution in [2.75, 3.05) is 0 Å². The SMILES string of the molecule is CC(C)n1cc(-c2nc3c(=O)cc(-c4ccncc4)[nH]c3nc2-c2ccccc2)ccc1=O. The quantitative estimate of drug-likeness (QED) is 0.450. The predicted molar refractivity (Wildman–Crippen MR) is 129 cm³/mol. The van der Waals surface area contributed by atoms with Gasteiger partial charge in [0.15, 0.2) is 11.2 Å². The lowest BCUT2D eigenvalue weighted by Gasteiger charge is -2.14. The molecule has 0 saturated carbocycles. The number of aromatic amines is 1. The number of rotatable bonds is 4. The number of nitrogens with one attached hydrogen (secondary N) is 1. The van der Waals surface area contributed by atoms with Gasteiger partial charge < -0.3 is 9.55 Å². The molecule has 0 atom stereocenters. The van der Waals surface area contributed by atoms with E-state index in [0.29, 0.717) is 28.3 Å². The minimum atomic E-state index is -0.235. The Morgan fingerprint density at radius 2 is 1.55 bits per heavy atom. The Morgan fingerprint density at radius 1 is 0.818 bits per heavy atom. The lowest BCUT2D eigenvalue weighted by Crippen LogP contribution is -2.20. The van der Waals surface area contributed by atoms with Crippen molar-refractivity contribution >= 4 is 11.2 Å². The van der Waals surface area contributed by atoms with Gasteiger partial charge in [-0.05, 0) is 32.0 Å². The average Bonchev–Trinajstić information content (AvgIpc) is 2.84. The molecule has 0 aliphatic carbocycles. The summed E-state index contributed by atoms with van der Waals surface area (Å²) in [5, 5.41) is 0. The van der Waals surface area contributed by atoms with E-state index >= 15 is 0 Å². The topological polar surface area (TPSA) is 93.5 Å². The Kier molecular flexibility index (Phi) is 5.14. The van der Waals surface area contributed by atoms with E-state index in [2.05, 4.69) is 9.97 Å². The molecule has 7 heteroatoms. The number of hydrogen-bond acceptors (Lipinski definition) is 5. The molecule has 0 amide bonds. The van der Waals surface area contributed by atoms with Gasteiger partial charge in [-0.2, -0.15) is 0 Å². The third-order valence-electron chi connectivity index (χ3n) is 5.46. The van der Waals surface area contributed by atoms with Crippen molar-refractivity contribution < 1.29 is 0 Å². The Balaban J connectivity index is 1.80. The molecule has 0 fully saturated rings. The summed E-state index contributed by atoms with van der Waals surface area (Å²) in [6.07, 6.45) is 5.12. The highest BCUT2D eigenvalue weighted by Crippen LogP contribution is 2.30. The Bertz CT molecular complexity index is 1570. The number of pyridine rings is 3. The molecule has 1 N–H and O–H groups in total. The van der Waals surface area contributed by atoms with E-state index < -0.39 is 0 Å². The van der Waals surface area contributed by atoms with Crippen LogP contribution in [0.25, 0.3) is 44.9 Å². The van der Waals surface area contributed by atoms with E-state index in [1.807, 2.05) is 56.3 Å². The van der Waals surface area contributed by atoms with Crippen LogP contribution in [0.5, 0.6) is 0 Å². The fourth-order valence-corrected chi connectivity index (χ4v) is 3.79. The highest BCUT2D eigenvalue weighted by molar-refractivity contribution is 5.85. The summed E-state index contributed by atoms with van der Waals surface area (Å²) < 4.78 is 1.65. The molecule has 5 aromatic rings. The van der Waals surface area contributed by atoms with Crippen LogP contribution < -0.4 is 11.0 Å². The second-order valence-corrected chi connectivity index (χ2v) is 8.02. The molecule has 4 aromatic heterocycles. The first-order valence-electron chi connectivity index (χ1n) is 10.6. The molecule has 33 heavy (non-hydrogen) atoms. The first-order chi connectivity index (χ1) is 16.0. The van der Waals surface area contributed by atoms with Gasteiger partial charge in [0.05, 0.1) is 17.1 Å². The number of benzene rings is 1. The van der Waals surface area contributed by atoms with Crippen LogP contribution in [-0.4, -0.2) is 24.5 Å². The van der Waals surface area contributed by atoms with Crippen LogP contribution in [0.3, 0.4) is 0 Å². The fraction of sp³-hybridized carbons (Fsp3) is 0.115. The van der Waals surface area contributed by atoms with E-state index in [9.17, 15) is 9.59 Å². The maximum atomic E-state index is 13.0. The Hall–Kier alpha value is -4.39. The highest BCUT2D eigenvalue weighted by Gasteiger charge is 2.17. The maximum absolute atomic E-state index is 13.0. The highest BCUT2D eigenvalue weighted by atomic mass is 16.1. The van der Waals surface area contributed by atoms with Crippen LogP contribution >= 0.6 is 0 Å². The zero-order valence-corrected chi connectivity index (χ0v) is 18.2. The summed E-state index contributed by atoms with van der Waals surface area (Å²) in [6.45, 7) is 3.89. The van der Waals surface area contributed by atoms with Crippen LogP contribution in [0.1, 0.15) is 19.9 Å². The van der Waals surface area contributed by atoms with Crippen molar-refractivity contribution in [1.29, 1.82) is 0 Å². The van der Waals surface area contributed by atoms with Gasteiger partial charge >= 0.3 is 0 Å². The Morgan fingerprint density at radius 3 is 2.27 bits per heavy atom. The van der Waals surface area contributed by atoms with Crippen molar-refractivity contribution in [3.63, 3.8) is 0 Å². The summed E-state index contributed by atoms with van der Waals surface area (Å²) in [5.41, 5.74) is 4.53. The second-order valence-electron chi connectivity index (χ2n) is 8.02. The molecule has 7 nitrogen and oxygen atoms in total. The first-order valence-corrected chi connectivity index (χ1v) is 10.6. The van der Waals surface area contributed by atoms with Gasteiger partial charge in [0.1, 0.15) is 0 Å².